The molecule has 8 nitrogen and oxygen atoms in total. The first-order valence-electron chi connectivity index (χ1n) is 8.45. The van der Waals surface area contributed by atoms with Crippen molar-refractivity contribution in [3.8, 4) is 0 Å². The number of nitrogens with zero attached hydrogens (tertiary/aromatic N) is 2. The zero-order valence-corrected chi connectivity index (χ0v) is 15.6. The highest BCUT2D eigenvalue weighted by molar-refractivity contribution is 7.14. The molecule has 1 aliphatic rings. The molecule has 1 fully saturated rings. The number of hydrogen-bond donors (Lipinski definition) is 1. The Labute approximate surface area is 159 Å². The van der Waals surface area contributed by atoms with Crippen molar-refractivity contribution in [1.29, 1.82) is 0 Å². The van der Waals surface area contributed by atoms with Crippen LogP contribution in [0.3, 0.4) is 0 Å². The van der Waals surface area contributed by atoms with Gasteiger partial charge in [-0.3, -0.25) is 19.2 Å². The van der Waals surface area contributed by atoms with E-state index in [4.69, 9.17) is 4.42 Å². The van der Waals surface area contributed by atoms with Crippen LogP contribution in [0.5, 0.6) is 0 Å². The zero-order chi connectivity index (χ0) is 19.4. The van der Waals surface area contributed by atoms with Gasteiger partial charge in [0.25, 0.3) is 0 Å². The Balaban J connectivity index is 1.50. The van der Waals surface area contributed by atoms with Crippen molar-refractivity contribution in [2.75, 3.05) is 26.2 Å². The summed E-state index contributed by atoms with van der Waals surface area (Å²) in [6.45, 7) is 3.18. The first kappa shape index (κ1) is 18.8. The molecule has 1 saturated heterocycles. The number of nitrogens with one attached hydrogen (secondary N) is 1. The standard InChI is InChI=1S/C18H19N3O5S/c1-12(22)20-6-8-21(9-7-20)18(25)17(24)19-11-13-4-5-15(27-13)16(23)14-3-2-10-26-14/h2-5,10H,6-9,11H2,1H3,(H,19,24). The Morgan fingerprint density at radius 2 is 1.78 bits per heavy atom. The molecule has 3 heterocycles. The minimum atomic E-state index is -0.696. The minimum absolute atomic E-state index is 0.0378. The summed E-state index contributed by atoms with van der Waals surface area (Å²) >= 11 is 1.24. The highest BCUT2D eigenvalue weighted by Gasteiger charge is 2.26. The SMILES string of the molecule is CC(=O)N1CCN(C(=O)C(=O)NCc2ccc(C(=O)c3ccco3)s2)CC1. The summed E-state index contributed by atoms with van der Waals surface area (Å²) in [6.07, 6.45) is 1.43. The molecule has 3 rings (SSSR count). The maximum absolute atomic E-state index is 12.2. The quantitative estimate of drug-likeness (QED) is 0.618. The number of carbonyl (C=O) groups is 4. The number of thiophene rings is 1. The van der Waals surface area contributed by atoms with E-state index in [1.807, 2.05) is 0 Å². The van der Waals surface area contributed by atoms with Gasteiger partial charge in [-0.1, -0.05) is 0 Å². The molecule has 0 spiro atoms. The van der Waals surface area contributed by atoms with Crippen LogP contribution < -0.4 is 5.32 Å². The first-order valence-corrected chi connectivity index (χ1v) is 9.27. The molecule has 142 valence electrons. The number of amides is 3. The normalized spacial score (nSPS) is 14.1. The number of piperazine rings is 1. The molecule has 27 heavy (non-hydrogen) atoms. The molecule has 0 unspecified atom stereocenters. The van der Waals surface area contributed by atoms with Crippen molar-refractivity contribution in [2.45, 2.75) is 13.5 Å². The second-order valence-corrected chi connectivity index (χ2v) is 7.22. The first-order chi connectivity index (χ1) is 13.0. The highest BCUT2D eigenvalue weighted by Crippen LogP contribution is 2.20. The maximum Gasteiger partial charge on any atom is 0.312 e. The maximum atomic E-state index is 12.2. The second-order valence-electron chi connectivity index (χ2n) is 6.05. The smallest absolute Gasteiger partial charge is 0.312 e. The van der Waals surface area contributed by atoms with E-state index in [2.05, 4.69) is 5.32 Å². The third-order valence-electron chi connectivity index (χ3n) is 4.26. The molecule has 1 N–H and O–H groups in total. The van der Waals surface area contributed by atoms with Crippen molar-refractivity contribution in [1.82, 2.24) is 15.1 Å². The van der Waals surface area contributed by atoms with Gasteiger partial charge in [-0.25, -0.2) is 0 Å². The number of rotatable bonds is 4. The van der Waals surface area contributed by atoms with Crippen LogP contribution >= 0.6 is 11.3 Å². The van der Waals surface area contributed by atoms with Gasteiger partial charge in [0.2, 0.25) is 11.7 Å². The fraction of sp³-hybridized carbons (Fsp3) is 0.333. The van der Waals surface area contributed by atoms with E-state index < -0.39 is 11.8 Å². The zero-order valence-electron chi connectivity index (χ0n) is 14.8. The lowest BCUT2D eigenvalue weighted by Gasteiger charge is -2.33. The molecule has 0 aromatic carbocycles. The second kappa shape index (κ2) is 8.17. The molecule has 0 radical (unpaired) electrons. The number of carbonyl (C=O) groups excluding carboxylic acids is 4. The van der Waals surface area contributed by atoms with Crippen LogP contribution in [0.2, 0.25) is 0 Å². The van der Waals surface area contributed by atoms with Crippen molar-refractivity contribution >= 4 is 34.8 Å². The molecule has 0 aliphatic carbocycles. The van der Waals surface area contributed by atoms with Gasteiger partial charge in [-0.2, -0.15) is 0 Å². The highest BCUT2D eigenvalue weighted by atomic mass is 32.1. The number of hydrogen-bond acceptors (Lipinski definition) is 6. The Kier molecular flexibility index (Phi) is 5.70. The molecule has 0 saturated carbocycles. The van der Waals surface area contributed by atoms with E-state index in [1.165, 1.54) is 29.4 Å². The van der Waals surface area contributed by atoms with Crippen LogP contribution in [-0.4, -0.2) is 59.5 Å². The van der Waals surface area contributed by atoms with E-state index in [9.17, 15) is 19.2 Å². The van der Waals surface area contributed by atoms with Gasteiger partial charge in [0, 0.05) is 38.0 Å². The minimum Gasteiger partial charge on any atom is -0.461 e. The van der Waals surface area contributed by atoms with Crippen LogP contribution in [-0.2, 0) is 20.9 Å². The molecule has 1 aliphatic heterocycles. The third-order valence-corrected chi connectivity index (χ3v) is 5.34. The fourth-order valence-corrected chi connectivity index (χ4v) is 3.63. The lowest BCUT2D eigenvalue weighted by Crippen LogP contribution is -2.53. The molecule has 3 amide bonds. The Morgan fingerprint density at radius 1 is 1.07 bits per heavy atom. The van der Waals surface area contributed by atoms with E-state index in [1.54, 1.807) is 29.2 Å². The summed E-state index contributed by atoms with van der Waals surface area (Å²) in [5.74, 6) is -1.31. The molecule has 0 atom stereocenters. The van der Waals surface area contributed by atoms with E-state index in [-0.39, 0.29) is 24.0 Å². The summed E-state index contributed by atoms with van der Waals surface area (Å²) in [7, 11) is 0. The lowest BCUT2D eigenvalue weighted by molar-refractivity contribution is -0.148. The Morgan fingerprint density at radius 3 is 2.41 bits per heavy atom. The monoisotopic (exact) mass is 389 g/mol. The van der Waals surface area contributed by atoms with E-state index >= 15 is 0 Å². The average molecular weight is 389 g/mol. The predicted molar refractivity (Wildman–Crippen MR) is 97.1 cm³/mol. The van der Waals surface area contributed by atoms with Crippen molar-refractivity contribution in [2.24, 2.45) is 0 Å². The summed E-state index contributed by atoms with van der Waals surface area (Å²) in [6, 6.07) is 6.63. The van der Waals surface area contributed by atoms with Crippen LogP contribution in [0.4, 0.5) is 0 Å². The molecule has 2 aromatic rings. The Hall–Kier alpha value is -2.94. The molecular formula is C18H19N3O5S. The van der Waals surface area contributed by atoms with Crippen molar-refractivity contribution in [3.63, 3.8) is 0 Å². The van der Waals surface area contributed by atoms with Gasteiger partial charge in [0.05, 0.1) is 17.7 Å². The van der Waals surface area contributed by atoms with Crippen LogP contribution in [0.15, 0.2) is 34.9 Å². The topological polar surface area (TPSA) is 99.9 Å². The Bertz CT molecular complexity index is 850. The summed E-state index contributed by atoms with van der Waals surface area (Å²) in [5.41, 5.74) is 0. The molecule has 2 aromatic heterocycles. The fourth-order valence-electron chi connectivity index (χ4n) is 2.74. The van der Waals surface area contributed by atoms with Crippen molar-refractivity contribution < 1.29 is 23.6 Å². The van der Waals surface area contributed by atoms with Gasteiger partial charge in [0.1, 0.15) is 0 Å². The average Bonchev–Trinajstić information content (AvgIpc) is 3.37. The summed E-state index contributed by atoms with van der Waals surface area (Å²) in [5, 5.41) is 2.58. The van der Waals surface area contributed by atoms with Crippen LogP contribution in [0, 0.1) is 0 Å². The largest absolute Gasteiger partial charge is 0.461 e. The van der Waals surface area contributed by atoms with E-state index in [0.29, 0.717) is 31.1 Å². The van der Waals surface area contributed by atoms with E-state index in [0.717, 1.165) is 4.88 Å². The van der Waals surface area contributed by atoms with Gasteiger partial charge in [-0.05, 0) is 24.3 Å². The summed E-state index contributed by atoms with van der Waals surface area (Å²) < 4.78 is 5.09. The van der Waals surface area contributed by atoms with Crippen molar-refractivity contribution in [3.05, 3.63) is 46.0 Å². The lowest BCUT2D eigenvalue weighted by atomic mass is 10.2. The van der Waals surface area contributed by atoms with Crippen LogP contribution in [0.25, 0.3) is 0 Å². The van der Waals surface area contributed by atoms with Gasteiger partial charge < -0.3 is 19.5 Å². The van der Waals surface area contributed by atoms with Gasteiger partial charge in [0.15, 0.2) is 5.76 Å². The molecule has 9 heteroatoms. The number of ketones is 1. The van der Waals surface area contributed by atoms with Gasteiger partial charge >= 0.3 is 11.8 Å². The van der Waals surface area contributed by atoms with Gasteiger partial charge in [-0.15, -0.1) is 11.3 Å². The summed E-state index contributed by atoms with van der Waals surface area (Å²) in [4.78, 5) is 52.1. The third kappa shape index (κ3) is 4.43. The molecule has 0 bridgehead atoms. The predicted octanol–water partition coefficient (Wildman–Crippen LogP) is 0.879. The molecular weight excluding hydrogens is 370 g/mol. The number of furan rings is 1. The van der Waals surface area contributed by atoms with Crippen LogP contribution in [0.1, 0.15) is 27.2 Å².